The molecule has 2 aromatic rings. The van der Waals surface area contributed by atoms with Crippen molar-refractivity contribution in [2.75, 3.05) is 7.11 Å². The lowest BCUT2D eigenvalue weighted by molar-refractivity contribution is 0.194. The molecular weight excluding hydrogens is 259 g/mol. The van der Waals surface area contributed by atoms with Crippen LogP contribution in [-0.2, 0) is 0 Å². The van der Waals surface area contributed by atoms with Crippen molar-refractivity contribution < 1.29 is 14.2 Å². The second kappa shape index (κ2) is 5.68. The third-order valence-corrected chi connectivity index (χ3v) is 2.99. The fraction of sp³-hybridized carbons (Fsp3) is 0.200. The molecule has 0 aliphatic carbocycles. The van der Waals surface area contributed by atoms with Crippen LogP contribution >= 0.6 is 0 Å². The number of hydrogen-bond donors (Lipinski definition) is 1. The maximum absolute atomic E-state index is 13.8. The molecule has 2 rings (SSSR count). The van der Waals surface area contributed by atoms with E-state index in [0.717, 1.165) is 6.20 Å². The number of hydrogen-bond acceptors (Lipinski definition) is 4. The molecule has 0 amide bonds. The summed E-state index contributed by atoms with van der Waals surface area (Å²) in [6.07, 6.45) is 1.58. The maximum atomic E-state index is 13.8. The minimum atomic E-state index is -0.963. The van der Waals surface area contributed by atoms with E-state index >= 15 is 0 Å². The number of ether oxygens (including phenoxy) is 1. The van der Waals surface area contributed by atoms with Crippen LogP contribution in [-0.4, -0.2) is 17.2 Å². The summed E-state index contributed by atoms with van der Waals surface area (Å²) < 4.78 is 18.9. The average Bonchev–Trinajstić information content (AvgIpc) is 2.45. The molecule has 1 aromatic heterocycles. The van der Waals surface area contributed by atoms with Gasteiger partial charge in [-0.2, -0.15) is 5.26 Å². The highest BCUT2D eigenvalue weighted by Gasteiger charge is 2.16. The first-order valence-electron chi connectivity index (χ1n) is 5.98. The van der Waals surface area contributed by atoms with Gasteiger partial charge in [-0.25, -0.2) is 4.39 Å². The highest BCUT2D eigenvalue weighted by Crippen LogP contribution is 2.32. The summed E-state index contributed by atoms with van der Waals surface area (Å²) in [5.74, 6) is -0.174. The Morgan fingerprint density at radius 1 is 1.40 bits per heavy atom. The monoisotopic (exact) mass is 272 g/mol. The molecule has 1 N–H and O–H groups in total. The van der Waals surface area contributed by atoms with Crippen molar-refractivity contribution in [2.45, 2.75) is 13.0 Å². The molecule has 1 heterocycles. The predicted octanol–water partition coefficient (Wildman–Crippen LogP) is 2.82. The van der Waals surface area contributed by atoms with Crippen LogP contribution in [0.4, 0.5) is 4.39 Å². The molecule has 0 saturated carbocycles. The van der Waals surface area contributed by atoms with Gasteiger partial charge in [-0.15, -0.1) is 0 Å². The van der Waals surface area contributed by atoms with Gasteiger partial charge in [-0.3, -0.25) is 4.98 Å². The fourth-order valence-corrected chi connectivity index (χ4v) is 2.05. The number of nitrogens with zero attached hydrogens (tertiary/aromatic N) is 2. The summed E-state index contributed by atoms with van der Waals surface area (Å²) in [4.78, 5) is 3.81. The molecule has 0 radical (unpaired) electrons. The number of aromatic nitrogens is 1. The number of aliphatic hydroxyl groups excluding tert-OH is 1. The number of nitriles is 1. The Kier molecular flexibility index (Phi) is 3.97. The van der Waals surface area contributed by atoms with Crippen LogP contribution in [0.15, 0.2) is 30.6 Å². The van der Waals surface area contributed by atoms with E-state index in [2.05, 4.69) is 4.98 Å². The molecule has 0 spiro atoms. The third-order valence-electron chi connectivity index (χ3n) is 2.99. The van der Waals surface area contributed by atoms with Gasteiger partial charge >= 0.3 is 0 Å². The molecule has 1 atom stereocenters. The Balaban J connectivity index is 2.64. The van der Waals surface area contributed by atoms with Gasteiger partial charge in [0.15, 0.2) is 0 Å². The summed E-state index contributed by atoms with van der Waals surface area (Å²) >= 11 is 0. The number of benzene rings is 1. The van der Waals surface area contributed by atoms with E-state index in [0.29, 0.717) is 22.4 Å². The summed E-state index contributed by atoms with van der Waals surface area (Å²) in [5, 5.41) is 18.7. The molecule has 4 nitrogen and oxygen atoms in total. The fourth-order valence-electron chi connectivity index (χ4n) is 2.05. The van der Waals surface area contributed by atoms with Crippen LogP contribution in [0.2, 0.25) is 0 Å². The van der Waals surface area contributed by atoms with Crippen molar-refractivity contribution in [1.29, 1.82) is 5.26 Å². The number of rotatable bonds is 3. The molecule has 0 bridgehead atoms. The Morgan fingerprint density at radius 3 is 2.75 bits per heavy atom. The van der Waals surface area contributed by atoms with Crippen LogP contribution in [0.1, 0.15) is 24.2 Å². The predicted molar refractivity (Wildman–Crippen MR) is 71.5 cm³/mol. The molecule has 20 heavy (non-hydrogen) atoms. The van der Waals surface area contributed by atoms with E-state index in [-0.39, 0.29) is 5.56 Å². The van der Waals surface area contributed by atoms with Crippen molar-refractivity contribution in [3.8, 4) is 22.9 Å². The molecule has 5 heteroatoms. The van der Waals surface area contributed by atoms with Crippen molar-refractivity contribution >= 4 is 0 Å². The smallest absolute Gasteiger partial charge is 0.147 e. The first-order valence-corrected chi connectivity index (χ1v) is 5.98. The third kappa shape index (κ3) is 2.46. The minimum Gasteiger partial charge on any atom is -0.495 e. The molecule has 0 aliphatic heterocycles. The van der Waals surface area contributed by atoms with Crippen molar-refractivity contribution in [1.82, 2.24) is 4.98 Å². The van der Waals surface area contributed by atoms with Gasteiger partial charge in [-0.05, 0) is 24.6 Å². The van der Waals surface area contributed by atoms with Crippen LogP contribution in [0, 0.1) is 17.1 Å². The molecule has 0 unspecified atom stereocenters. The van der Waals surface area contributed by atoms with E-state index in [1.54, 1.807) is 18.2 Å². The standard InChI is InChI=1S/C15H13FN2O2/c1-9(19)15-12(7-18-8-13(15)16)10-3-4-11(6-17)14(5-10)20-2/h3-5,7-9,19H,1-2H3/t9-/m1/s1. The lowest BCUT2D eigenvalue weighted by atomic mass is 9.97. The number of aliphatic hydroxyl groups is 1. The van der Waals surface area contributed by atoms with Crippen LogP contribution in [0.3, 0.4) is 0 Å². The summed E-state index contributed by atoms with van der Waals surface area (Å²) in [6, 6.07) is 6.89. The Labute approximate surface area is 116 Å². The topological polar surface area (TPSA) is 66.1 Å². The van der Waals surface area contributed by atoms with Gasteiger partial charge in [0, 0.05) is 17.3 Å². The SMILES string of the molecule is COc1cc(-c2cncc(F)c2[C@@H](C)O)ccc1C#N. The van der Waals surface area contributed by atoms with E-state index < -0.39 is 11.9 Å². The van der Waals surface area contributed by atoms with Crippen molar-refractivity contribution in [3.05, 3.63) is 47.5 Å². The maximum Gasteiger partial charge on any atom is 0.147 e. The van der Waals surface area contributed by atoms with E-state index in [9.17, 15) is 9.50 Å². The number of halogens is 1. The zero-order valence-corrected chi connectivity index (χ0v) is 11.1. The highest BCUT2D eigenvalue weighted by atomic mass is 19.1. The molecule has 1 aromatic carbocycles. The van der Waals surface area contributed by atoms with E-state index in [1.807, 2.05) is 6.07 Å². The second-order valence-corrected chi connectivity index (χ2v) is 4.29. The van der Waals surface area contributed by atoms with E-state index in [4.69, 9.17) is 10.00 Å². The first-order chi connectivity index (χ1) is 9.58. The van der Waals surface area contributed by atoms with Gasteiger partial charge < -0.3 is 9.84 Å². The molecular formula is C15H13FN2O2. The van der Waals surface area contributed by atoms with Gasteiger partial charge in [0.05, 0.1) is 25.0 Å². The largest absolute Gasteiger partial charge is 0.495 e. The summed E-state index contributed by atoms with van der Waals surface area (Å²) in [5.41, 5.74) is 1.66. The van der Waals surface area contributed by atoms with Crippen molar-refractivity contribution in [3.63, 3.8) is 0 Å². The lowest BCUT2D eigenvalue weighted by Gasteiger charge is -2.13. The quantitative estimate of drug-likeness (QED) is 0.933. The zero-order chi connectivity index (χ0) is 14.7. The Hall–Kier alpha value is -2.45. The van der Waals surface area contributed by atoms with Crippen LogP contribution in [0.5, 0.6) is 5.75 Å². The lowest BCUT2D eigenvalue weighted by Crippen LogP contribution is -2.01. The van der Waals surface area contributed by atoms with Gasteiger partial charge in [-0.1, -0.05) is 6.07 Å². The summed E-state index contributed by atoms with van der Waals surface area (Å²) in [6.45, 7) is 1.49. The Morgan fingerprint density at radius 2 is 2.15 bits per heavy atom. The second-order valence-electron chi connectivity index (χ2n) is 4.29. The first kappa shape index (κ1) is 14.0. The van der Waals surface area contributed by atoms with Crippen LogP contribution < -0.4 is 4.74 Å². The van der Waals surface area contributed by atoms with Crippen LogP contribution in [0.25, 0.3) is 11.1 Å². The van der Waals surface area contributed by atoms with Gasteiger partial charge in [0.25, 0.3) is 0 Å². The number of methoxy groups -OCH3 is 1. The summed E-state index contributed by atoms with van der Waals surface area (Å²) in [7, 11) is 1.46. The minimum absolute atomic E-state index is 0.173. The van der Waals surface area contributed by atoms with E-state index in [1.165, 1.54) is 20.2 Å². The highest BCUT2D eigenvalue weighted by molar-refractivity contribution is 5.70. The van der Waals surface area contributed by atoms with Gasteiger partial charge in [0.2, 0.25) is 0 Å². The normalized spacial score (nSPS) is 11.8. The Bertz CT molecular complexity index is 678. The number of pyridine rings is 1. The molecule has 0 fully saturated rings. The molecule has 0 saturated heterocycles. The zero-order valence-electron chi connectivity index (χ0n) is 11.1. The van der Waals surface area contributed by atoms with Crippen molar-refractivity contribution in [2.24, 2.45) is 0 Å². The molecule has 0 aliphatic rings. The molecule has 102 valence electrons. The van der Waals surface area contributed by atoms with Gasteiger partial charge in [0.1, 0.15) is 17.6 Å². The average molecular weight is 272 g/mol.